The second-order valence-corrected chi connectivity index (χ2v) is 12.7. The minimum absolute atomic E-state index is 0.290. The standard InChI is InChI=1S/C32H31N5O7S/c1-32(2)26(31(42)43)37-29(41)25(30(37)45-32)35-28(40)24(20-11-7-4-8-12-20)34-23(38)17-33-36-27(39)21-13-15-22(16-14-21)44-18-19-9-5-3-6-10-19/h3-17,24-26,30H,18H2,1-2H3,(H,34,38)(H,35,40)(H,36,39)(H,42,43)/b33-17+/t24?,25?,26-,30+/m0/s1. The minimum atomic E-state index is -1.19. The Morgan fingerprint density at radius 1 is 1.00 bits per heavy atom. The van der Waals surface area contributed by atoms with Gasteiger partial charge in [0.25, 0.3) is 11.8 Å². The van der Waals surface area contributed by atoms with Crippen LogP contribution < -0.4 is 20.8 Å². The molecule has 0 spiro atoms. The highest BCUT2D eigenvalue weighted by atomic mass is 32.2. The number of hydrogen-bond donors (Lipinski definition) is 4. The number of nitrogens with zero attached hydrogens (tertiary/aromatic N) is 2. The molecular weight excluding hydrogens is 598 g/mol. The average Bonchev–Trinajstić information content (AvgIpc) is 3.30. The van der Waals surface area contributed by atoms with Crippen molar-refractivity contribution in [1.82, 2.24) is 21.0 Å². The zero-order chi connectivity index (χ0) is 32.1. The normalized spacial score (nSPS) is 20.4. The maximum Gasteiger partial charge on any atom is 0.327 e. The van der Waals surface area contributed by atoms with E-state index in [1.54, 1.807) is 68.4 Å². The molecule has 5 rings (SSSR count). The highest BCUT2D eigenvalue weighted by Crippen LogP contribution is 2.50. The summed E-state index contributed by atoms with van der Waals surface area (Å²) in [6.45, 7) is 3.86. The van der Waals surface area contributed by atoms with Crippen LogP contribution in [0.5, 0.6) is 5.75 Å². The Morgan fingerprint density at radius 2 is 1.64 bits per heavy atom. The number of aliphatic carboxylic acids is 1. The van der Waals surface area contributed by atoms with Crippen LogP contribution in [0.1, 0.15) is 41.4 Å². The predicted molar refractivity (Wildman–Crippen MR) is 166 cm³/mol. The first kappa shape index (κ1) is 31.3. The van der Waals surface area contributed by atoms with Gasteiger partial charge in [0.15, 0.2) is 0 Å². The van der Waals surface area contributed by atoms with Gasteiger partial charge < -0.3 is 25.4 Å². The summed E-state index contributed by atoms with van der Waals surface area (Å²) in [5.74, 6) is -3.02. The minimum Gasteiger partial charge on any atom is -0.489 e. The van der Waals surface area contributed by atoms with Crippen LogP contribution in [0.3, 0.4) is 0 Å². The van der Waals surface area contributed by atoms with Crippen LogP contribution in [0.15, 0.2) is 90.0 Å². The Bertz CT molecular complexity index is 1620. The van der Waals surface area contributed by atoms with Crippen LogP contribution in [0.2, 0.25) is 0 Å². The van der Waals surface area contributed by atoms with E-state index >= 15 is 0 Å². The van der Waals surface area contributed by atoms with Gasteiger partial charge in [0.2, 0.25) is 11.8 Å². The number of hydrazone groups is 1. The summed E-state index contributed by atoms with van der Waals surface area (Å²) in [6.07, 6.45) is 0.835. The number of rotatable bonds is 11. The van der Waals surface area contributed by atoms with Gasteiger partial charge in [-0.2, -0.15) is 5.10 Å². The lowest BCUT2D eigenvalue weighted by Gasteiger charge is -2.44. The summed E-state index contributed by atoms with van der Waals surface area (Å²) in [7, 11) is 0. The molecule has 0 bridgehead atoms. The van der Waals surface area contributed by atoms with Crippen molar-refractivity contribution in [2.24, 2.45) is 5.10 Å². The number of carbonyl (C=O) groups is 5. The van der Waals surface area contributed by atoms with Crippen molar-refractivity contribution in [1.29, 1.82) is 0 Å². The van der Waals surface area contributed by atoms with Gasteiger partial charge in [-0.3, -0.25) is 19.2 Å². The predicted octanol–water partition coefficient (Wildman–Crippen LogP) is 2.47. The smallest absolute Gasteiger partial charge is 0.327 e. The molecule has 0 saturated carbocycles. The number of carboxylic acid groups (broad SMARTS) is 1. The van der Waals surface area contributed by atoms with E-state index in [4.69, 9.17) is 4.74 Å². The van der Waals surface area contributed by atoms with E-state index in [0.29, 0.717) is 23.5 Å². The molecule has 0 aliphatic carbocycles. The molecule has 2 unspecified atom stereocenters. The lowest BCUT2D eigenvalue weighted by atomic mass is 9.95. The summed E-state index contributed by atoms with van der Waals surface area (Å²) in [5.41, 5.74) is 4.02. The van der Waals surface area contributed by atoms with Crippen LogP contribution in [-0.4, -0.2) is 68.0 Å². The average molecular weight is 630 g/mol. The number of ether oxygens (including phenoxy) is 1. The van der Waals surface area contributed by atoms with Crippen LogP contribution in [0, 0.1) is 0 Å². The van der Waals surface area contributed by atoms with Crippen LogP contribution in [-0.2, 0) is 25.8 Å². The third kappa shape index (κ3) is 6.99. The van der Waals surface area contributed by atoms with Gasteiger partial charge in [0.1, 0.15) is 42.1 Å². The molecule has 12 nitrogen and oxygen atoms in total. The van der Waals surface area contributed by atoms with Gasteiger partial charge in [-0.05, 0) is 49.2 Å². The number of carboxylic acids is 1. The SMILES string of the molecule is CC1(C)S[C@@H]2C(NC(=O)C(NC(=O)/C=N/NC(=O)c3ccc(OCc4ccccc4)cc3)c3ccccc3)C(=O)N2[C@H]1C(=O)O. The molecule has 4 N–H and O–H groups in total. The van der Waals surface area contributed by atoms with Crippen molar-refractivity contribution in [2.45, 2.75) is 48.7 Å². The van der Waals surface area contributed by atoms with Crippen molar-refractivity contribution in [2.75, 3.05) is 0 Å². The molecule has 0 radical (unpaired) electrons. The van der Waals surface area contributed by atoms with Gasteiger partial charge in [-0.15, -0.1) is 11.8 Å². The largest absolute Gasteiger partial charge is 0.489 e. The first-order valence-corrected chi connectivity index (χ1v) is 14.9. The van der Waals surface area contributed by atoms with E-state index in [1.165, 1.54) is 16.7 Å². The zero-order valence-electron chi connectivity index (χ0n) is 24.4. The van der Waals surface area contributed by atoms with E-state index in [0.717, 1.165) is 11.8 Å². The first-order valence-electron chi connectivity index (χ1n) is 14.0. The topological polar surface area (TPSA) is 166 Å². The summed E-state index contributed by atoms with van der Waals surface area (Å²) in [6, 6.07) is 21.3. The van der Waals surface area contributed by atoms with E-state index in [9.17, 15) is 29.1 Å². The quantitative estimate of drug-likeness (QED) is 0.143. The molecule has 232 valence electrons. The molecule has 2 aliphatic heterocycles. The van der Waals surface area contributed by atoms with Gasteiger partial charge in [0.05, 0.1) is 0 Å². The lowest BCUT2D eigenvalue weighted by Crippen LogP contribution is -2.71. The maximum absolute atomic E-state index is 13.4. The molecule has 4 amide bonds. The molecule has 3 aromatic carbocycles. The van der Waals surface area contributed by atoms with Gasteiger partial charge in [-0.25, -0.2) is 10.2 Å². The second kappa shape index (κ2) is 13.2. The third-order valence-electron chi connectivity index (χ3n) is 7.37. The van der Waals surface area contributed by atoms with Crippen molar-refractivity contribution in [3.63, 3.8) is 0 Å². The van der Waals surface area contributed by atoms with E-state index in [2.05, 4.69) is 21.2 Å². The molecule has 4 atom stereocenters. The van der Waals surface area contributed by atoms with Gasteiger partial charge >= 0.3 is 5.97 Å². The maximum atomic E-state index is 13.4. The summed E-state index contributed by atoms with van der Waals surface area (Å²) >= 11 is 1.30. The van der Waals surface area contributed by atoms with Crippen molar-refractivity contribution in [3.8, 4) is 5.75 Å². The van der Waals surface area contributed by atoms with Crippen molar-refractivity contribution >= 4 is 47.6 Å². The fraction of sp³-hybridized carbons (Fsp3) is 0.250. The fourth-order valence-electron chi connectivity index (χ4n) is 5.16. The molecule has 13 heteroatoms. The zero-order valence-corrected chi connectivity index (χ0v) is 25.2. The first-order chi connectivity index (χ1) is 21.5. The Balaban J connectivity index is 1.17. The molecular formula is C32H31N5O7S. The van der Waals surface area contributed by atoms with Crippen LogP contribution >= 0.6 is 11.8 Å². The fourth-order valence-corrected chi connectivity index (χ4v) is 6.79. The monoisotopic (exact) mass is 629 g/mol. The number of thioether (sulfide) groups is 1. The van der Waals surface area contributed by atoms with Crippen LogP contribution in [0.4, 0.5) is 0 Å². The number of nitrogens with one attached hydrogen (secondary N) is 3. The molecule has 45 heavy (non-hydrogen) atoms. The van der Waals surface area contributed by atoms with E-state index in [1.807, 2.05) is 30.3 Å². The number of hydrogen-bond acceptors (Lipinski definition) is 8. The summed E-state index contributed by atoms with van der Waals surface area (Å²) in [4.78, 5) is 64.6. The lowest BCUT2D eigenvalue weighted by molar-refractivity contribution is -0.161. The number of fused-ring (bicyclic) bond motifs is 1. The Hall–Kier alpha value is -5.17. The number of amides is 4. The summed E-state index contributed by atoms with van der Waals surface area (Å²) in [5, 5.41) is 18.0. The van der Waals surface area contributed by atoms with E-state index in [-0.39, 0.29) is 0 Å². The molecule has 0 aromatic heterocycles. The Labute approximate surface area is 263 Å². The van der Waals surface area contributed by atoms with Crippen molar-refractivity contribution < 1.29 is 33.8 Å². The molecule has 2 saturated heterocycles. The Morgan fingerprint density at radius 3 is 2.29 bits per heavy atom. The molecule has 2 fully saturated rings. The van der Waals surface area contributed by atoms with E-state index < -0.39 is 57.8 Å². The highest BCUT2D eigenvalue weighted by Gasteiger charge is 2.64. The second-order valence-electron chi connectivity index (χ2n) is 10.9. The number of β-lactam (4-membered cyclic amide) rings is 1. The highest BCUT2D eigenvalue weighted by molar-refractivity contribution is 8.01. The number of benzene rings is 3. The van der Waals surface area contributed by atoms with Gasteiger partial charge in [-0.1, -0.05) is 60.7 Å². The van der Waals surface area contributed by atoms with Crippen LogP contribution in [0.25, 0.3) is 0 Å². The molecule has 3 aromatic rings. The van der Waals surface area contributed by atoms with Gasteiger partial charge in [0, 0.05) is 10.3 Å². The number of carbonyl (C=O) groups excluding carboxylic acids is 4. The third-order valence-corrected chi connectivity index (χ3v) is 8.94. The Kier molecular flexibility index (Phi) is 9.18. The molecule has 2 aliphatic rings. The summed E-state index contributed by atoms with van der Waals surface area (Å²) < 4.78 is 4.97. The molecule has 2 heterocycles. The van der Waals surface area contributed by atoms with Crippen molar-refractivity contribution in [3.05, 3.63) is 102 Å².